The molecule has 1 amide bonds. The van der Waals surface area contributed by atoms with E-state index in [1.807, 2.05) is 0 Å². The molecule has 0 atom stereocenters. The summed E-state index contributed by atoms with van der Waals surface area (Å²) in [7, 11) is 1.78. The van der Waals surface area contributed by atoms with Gasteiger partial charge in [0.2, 0.25) is 5.91 Å². The van der Waals surface area contributed by atoms with Crippen molar-refractivity contribution >= 4 is 5.91 Å². The van der Waals surface area contributed by atoms with Crippen LogP contribution in [0.3, 0.4) is 0 Å². The second kappa shape index (κ2) is 7.49. The van der Waals surface area contributed by atoms with E-state index in [1.165, 1.54) is 19.3 Å². The molecule has 0 unspecified atom stereocenters. The van der Waals surface area contributed by atoms with Crippen molar-refractivity contribution in [1.82, 2.24) is 9.80 Å². The highest BCUT2D eigenvalue weighted by molar-refractivity contribution is 5.76. The van der Waals surface area contributed by atoms with E-state index in [9.17, 15) is 4.79 Å². The quantitative estimate of drug-likeness (QED) is 0.740. The number of rotatable bonds is 6. The van der Waals surface area contributed by atoms with Gasteiger partial charge < -0.3 is 9.80 Å². The molecule has 1 saturated heterocycles. The molecule has 0 radical (unpaired) electrons. The predicted octanol–water partition coefficient (Wildman–Crippen LogP) is 2.26. The number of hydrogen-bond donors (Lipinski definition) is 0. The third-order valence-corrected chi connectivity index (χ3v) is 4.54. The molecule has 1 heterocycles. The van der Waals surface area contributed by atoms with Crippen LogP contribution in [0, 0.1) is 16.7 Å². The van der Waals surface area contributed by atoms with E-state index in [0.717, 1.165) is 19.6 Å². The first-order valence-corrected chi connectivity index (χ1v) is 7.34. The number of piperidine rings is 1. The van der Waals surface area contributed by atoms with Crippen LogP contribution in [-0.4, -0.2) is 48.9 Å². The average molecular weight is 265 g/mol. The zero-order valence-corrected chi connectivity index (χ0v) is 12.6. The Bertz CT molecular complexity index is 327. The first-order chi connectivity index (χ1) is 9.00. The van der Waals surface area contributed by atoms with Crippen molar-refractivity contribution in [1.29, 1.82) is 5.26 Å². The van der Waals surface area contributed by atoms with Crippen LogP contribution < -0.4 is 0 Å². The average Bonchev–Trinajstić information content (AvgIpc) is 2.43. The summed E-state index contributed by atoms with van der Waals surface area (Å²) in [5.41, 5.74) is 0.504. The largest absolute Gasteiger partial charge is 0.345 e. The normalized spacial score (nSPS) is 18.8. The molecule has 0 spiro atoms. The number of likely N-dealkylation sites (tertiary alicyclic amines) is 1. The third-order valence-electron chi connectivity index (χ3n) is 4.54. The highest BCUT2D eigenvalue weighted by Crippen LogP contribution is 2.33. The molecule has 1 rings (SSSR count). The van der Waals surface area contributed by atoms with Crippen LogP contribution in [0.25, 0.3) is 0 Å². The summed E-state index contributed by atoms with van der Waals surface area (Å²) in [6, 6.07) is 2.07. The van der Waals surface area contributed by atoms with E-state index in [1.54, 1.807) is 11.9 Å². The predicted molar refractivity (Wildman–Crippen MR) is 76.6 cm³/mol. The molecule has 4 heteroatoms. The minimum atomic E-state index is 0.152. The molecule has 0 aliphatic carbocycles. The molecule has 0 N–H and O–H groups in total. The smallest absolute Gasteiger partial charge is 0.223 e. The molecule has 0 aromatic heterocycles. The fraction of sp³-hybridized carbons (Fsp3) is 0.867. The minimum absolute atomic E-state index is 0.152. The van der Waals surface area contributed by atoms with Crippen molar-refractivity contribution in [2.75, 3.05) is 33.2 Å². The molecule has 108 valence electrons. The lowest BCUT2D eigenvalue weighted by molar-refractivity contribution is -0.130. The summed E-state index contributed by atoms with van der Waals surface area (Å²) in [4.78, 5) is 15.9. The van der Waals surface area contributed by atoms with Gasteiger partial charge in [-0.15, -0.1) is 0 Å². The van der Waals surface area contributed by atoms with Gasteiger partial charge in [0.25, 0.3) is 0 Å². The first-order valence-electron chi connectivity index (χ1n) is 7.34. The lowest BCUT2D eigenvalue weighted by atomic mass is 9.78. The van der Waals surface area contributed by atoms with Gasteiger partial charge in [-0.3, -0.25) is 4.79 Å². The lowest BCUT2D eigenvalue weighted by Crippen LogP contribution is -2.40. The maximum absolute atomic E-state index is 11.9. The summed E-state index contributed by atoms with van der Waals surface area (Å²) in [6.07, 6.45) is 4.71. The van der Waals surface area contributed by atoms with Gasteiger partial charge in [0.1, 0.15) is 0 Å². The molecule has 1 aliphatic rings. The number of carbonyl (C=O) groups excluding carboxylic acids is 1. The minimum Gasteiger partial charge on any atom is -0.345 e. The third kappa shape index (κ3) is 5.20. The second-order valence-corrected chi connectivity index (χ2v) is 5.98. The molecule has 4 nitrogen and oxygen atoms in total. The lowest BCUT2D eigenvalue weighted by Gasteiger charge is -2.39. The van der Waals surface area contributed by atoms with Crippen molar-refractivity contribution in [3.63, 3.8) is 0 Å². The number of amides is 1. The van der Waals surface area contributed by atoms with Gasteiger partial charge in [0.05, 0.1) is 12.5 Å². The molecule has 19 heavy (non-hydrogen) atoms. The maximum Gasteiger partial charge on any atom is 0.223 e. The van der Waals surface area contributed by atoms with Crippen molar-refractivity contribution in [3.8, 4) is 6.07 Å². The van der Waals surface area contributed by atoms with E-state index >= 15 is 0 Å². The molecular formula is C15H27N3O. The molecular weight excluding hydrogens is 238 g/mol. The fourth-order valence-corrected chi connectivity index (χ4v) is 2.46. The van der Waals surface area contributed by atoms with Gasteiger partial charge in [0, 0.05) is 26.6 Å². The molecule has 0 bridgehead atoms. The zero-order chi connectivity index (χ0) is 14.3. The molecule has 1 fully saturated rings. The number of hydrogen-bond acceptors (Lipinski definition) is 3. The molecule has 0 aromatic carbocycles. The van der Waals surface area contributed by atoms with Crippen LogP contribution >= 0.6 is 0 Å². The standard InChI is InChI=1S/C15H27N3O/c1-4-15(2)7-12-18(13-8-15)11-6-14(19)17(3)10-5-9-16/h4-8,10-13H2,1-3H3. The van der Waals surface area contributed by atoms with Gasteiger partial charge in [0.15, 0.2) is 0 Å². The zero-order valence-electron chi connectivity index (χ0n) is 12.6. The van der Waals surface area contributed by atoms with Crippen molar-refractivity contribution in [3.05, 3.63) is 0 Å². The molecule has 1 aliphatic heterocycles. The topological polar surface area (TPSA) is 47.3 Å². The first kappa shape index (κ1) is 16.0. The Hall–Kier alpha value is -1.08. The van der Waals surface area contributed by atoms with Crippen LogP contribution in [-0.2, 0) is 4.79 Å². The molecule has 0 aromatic rings. The summed E-state index contributed by atoms with van der Waals surface area (Å²) in [6.45, 7) is 8.26. The Kier molecular flexibility index (Phi) is 6.30. The number of carbonyl (C=O) groups is 1. The Morgan fingerprint density at radius 3 is 2.58 bits per heavy atom. The van der Waals surface area contributed by atoms with E-state index < -0.39 is 0 Å². The SMILES string of the molecule is CCC1(C)CCN(CCC(=O)N(C)CCC#N)CC1. The highest BCUT2D eigenvalue weighted by Gasteiger charge is 2.28. The van der Waals surface area contributed by atoms with Crippen LogP contribution in [0.2, 0.25) is 0 Å². The van der Waals surface area contributed by atoms with Crippen LogP contribution in [0.15, 0.2) is 0 Å². The van der Waals surface area contributed by atoms with Crippen molar-refractivity contribution in [2.45, 2.75) is 46.0 Å². The molecule has 0 saturated carbocycles. The highest BCUT2D eigenvalue weighted by atomic mass is 16.2. The number of nitriles is 1. The summed E-state index contributed by atoms with van der Waals surface area (Å²) >= 11 is 0. The monoisotopic (exact) mass is 265 g/mol. The summed E-state index contributed by atoms with van der Waals surface area (Å²) < 4.78 is 0. The van der Waals surface area contributed by atoms with Gasteiger partial charge in [-0.1, -0.05) is 20.3 Å². The van der Waals surface area contributed by atoms with E-state index in [2.05, 4.69) is 24.8 Å². The Morgan fingerprint density at radius 2 is 2.05 bits per heavy atom. The van der Waals surface area contributed by atoms with E-state index in [-0.39, 0.29) is 5.91 Å². The van der Waals surface area contributed by atoms with Crippen LogP contribution in [0.4, 0.5) is 0 Å². The van der Waals surface area contributed by atoms with E-state index in [0.29, 0.717) is 24.8 Å². The Balaban J connectivity index is 2.23. The van der Waals surface area contributed by atoms with Crippen LogP contribution in [0.5, 0.6) is 0 Å². The van der Waals surface area contributed by atoms with Gasteiger partial charge >= 0.3 is 0 Å². The van der Waals surface area contributed by atoms with Gasteiger partial charge in [-0.2, -0.15) is 5.26 Å². The van der Waals surface area contributed by atoms with Gasteiger partial charge in [-0.05, 0) is 31.3 Å². The van der Waals surface area contributed by atoms with Gasteiger partial charge in [-0.25, -0.2) is 0 Å². The Morgan fingerprint density at radius 1 is 1.42 bits per heavy atom. The van der Waals surface area contributed by atoms with Crippen LogP contribution in [0.1, 0.15) is 46.0 Å². The second-order valence-electron chi connectivity index (χ2n) is 5.98. The summed E-state index contributed by atoms with van der Waals surface area (Å²) in [5, 5.41) is 8.51. The summed E-state index contributed by atoms with van der Waals surface area (Å²) in [5.74, 6) is 0.152. The maximum atomic E-state index is 11.9. The number of nitrogens with zero attached hydrogens (tertiary/aromatic N) is 3. The Labute approximate surface area is 117 Å². The fourth-order valence-electron chi connectivity index (χ4n) is 2.46. The van der Waals surface area contributed by atoms with Crippen molar-refractivity contribution in [2.24, 2.45) is 5.41 Å². The van der Waals surface area contributed by atoms with Crippen molar-refractivity contribution < 1.29 is 4.79 Å². The van der Waals surface area contributed by atoms with E-state index in [4.69, 9.17) is 5.26 Å².